The van der Waals surface area contributed by atoms with Crippen molar-refractivity contribution < 1.29 is 0 Å². The zero-order valence-corrected chi connectivity index (χ0v) is 11.2. The van der Waals surface area contributed by atoms with Crippen LogP contribution in [0, 0.1) is 5.92 Å². The molecule has 0 fully saturated rings. The number of anilines is 1. The van der Waals surface area contributed by atoms with Crippen LogP contribution < -0.4 is 5.32 Å². The van der Waals surface area contributed by atoms with Crippen LogP contribution in [0.15, 0.2) is 6.20 Å². The summed E-state index contributed by atoms with van der Waals surface area (Å²) in [6.45, 7) is 3.03. The van der Waals surface area contributed by atoms with Gasteiger partial charge in [-0.15, -0.1) is 10.2 Å². The second-order valence-corrected chi connectivity index (χ2v) is 5.08. The van der Waals surface area contributed by atoms with Crippen LogP contribution in [0.25, 0.3) is 11.5 Å². The second kappa shape index (κ2) is 4.61. The maximum Gasteiger partial charge on any atom is 0.203 e. The highest BCUT2D eigenvalue weighted by atomic mass is 15.5. The van der Waals surface area contributed by atoms with Crippen LogP contribution in [0.4, 0.5) is 5.95 Å². The predicted molar refractivity (Wildman–Crippen MR) is 70.0 cm³/mol. The lowest BCUT2D eigenvalue weighted by Gasteiger charge is -2.31. The average Bonchev–Trinajstić information content (AvgIpc) is 3.21. The number of aromatic amines is 2. The number of nitrogens with one attached hydrogen (secondary N) is 3. The van der Waals surface area contributed by atoms with Gasteiger partial charge in [-0.3, -0.25) is 0 Å². The van der Waals surface area contributed by atoms with Gasteiger partial charge in [0.05, 0.1) is 0 Å². The molecule has 0 radical (unpaired) electrons. The Morgan fingerprint density at radius 1 is 1.24 bits per heavy atom. The SMILES string of the molecule is CC1CNc2nc(-c3nnn[nH]3)cn2C1Cc1nnn[nH]1. The van der Waals surface area contributed by atoms with Gasteiger partial charge in [-0.2, -0.15) is 0 Å². The lowest BCUT2D eigenvalue weighted by atomic mass is 9.97. The number of hydrogen-bond acceptors (Lipinski definition) is 8. The van der Waals surface area contributed by atoms with E-state index in [9.17, 15) is 0 Å². The highest BCUT2D eigenvalue weighted by Gasteiger charge is 2.29. The largest absolute Gasteiger partial charge is 0.355 e. The number of tetrazole rings is 2. The van der Waals surface area contributed by atoms with Gasteiger partial charge in [0.25, 0.3) is 0 Å². The molecule has 2 unspecified atom stereocenters. The predicted octanol–water partition coefficient (Wildman–Crippen LogP) is -0.578. The number of H-pyrrole nitrogens is 2. The summed E-state index contributed by atoms with van der Waals surface area (Å²) in [5.74, 6) is 2.53. The highest BCUT2D eigenvalue weighted by molar-refractivity contribution is 5.52. The minimum absolute atomic E-state index is 0.216. The van der Waals surface area contributed by atoms with E-state index in [-0.39, 0.29) is 6.04 Å². The third kappa shape index (κ3) is 2.02. The first-order valence-electron chi connectivity index (χ1n) is 6.60. The summed E-state index contributed by atoms with van der Waals surface area (Å²) in [6, 6.07) is 0.216. The first-order chi connectivity index (χ1) is 10.3. The molecule has 11 heteroatoms. The molecule has 0 aromatic carbocycles. The molecule has 4 rings (SSSR count). The lowest BCUT2D eigenvalue weighted by molar-refractivity contribution is 0.340. The minimum Gasteiger partial charge on any atom is -0.355 e. The number of fused-ring (bicyclic) bond motifs is 1. The Morgan fingerprint density at radius 2 is 2.10 bits per heavy atom. The van der Waals surface area contributed by atoms with E-state index in [1.54, 1.807) is 0 Å². The van der Waals surface area contributed by atoms with E-state index in [1.165, 1.54) is 0 Å². The quantitative estimate of drug-likeness (QED) is 0.581. The fourth-order valence-corrected chi connectivity index (χ4v) is 2.58. The average molecular weight is 287 g/mol. The van der Waals surface area contributed by atoms with Crippen LogP contribution >= 0.6 is 0 Å². The van der Waals surface area contributed by atoms with Crippen molar-refractivity contribution >= 4 is 5.95 Å². The molecule has 2 atom stereocenters. The lowest BCUT2D eigenvalue weighted by Crippen LogP contribution is -2.32. The molecule has 0 saturated heterocycles. The minimum atomic E-state index is 0.216. The van der Waals surface area contributed by atoms with Gasteiger partial charge in [-0.25, -0.2) is 15.2 Å². The van der Waals surface area contributed by atoms with Crippen molar-refractivity contribution in [3.8, 4) is 11.5 Å². The van der Waals surface area contributed by atoms with Crippen molar-refractivity contribution in [2.45, 2.75) is 19.4 Å². The molecule has 4 heterocycles. The van der Waals surface area contributed by atoms with Gasteiger partial charge < -0.3 is 9.88 Å². The fourth-order valence-electron chi connectivity index (χ4n) is 2.58. The normalized spacial score (nSPS) is 21.0. The van der Waals surface area contributed by atoms with Crippen LogP contribution in [-0.2, 0) is 6.42 Å². The Kier molecular flexibility index (Phi) is 2.62. The summed E-state index contributed by atoms with van der Waals surface area (Å²) in [4.78, 5) is 4.52. The van der Waals surface area contributed by atoms with E-state index in [2.05, 4.69) is 63.0 Å². The third-order valence-corrected chi connectivity index (χ3v) is 3.71. The molecule has 3 N–H and O–H groups in total. The molecule has 1 aliphatic heterocycles. The van der Waals surface area contributed by atoms with E-state index in [1.807, 2.05) is 6.20 Å². The van der Waals surface area contributed by atoms with Gasteiger partial charge in [0, 0.05) is 25.2 Å². The van der Waals surface area contributed by atoms with E-state index < -0.39 is 0 Å². The second-order valence-electron chi connectivity index (χ2n) is 5.08. The number of hydrogen-bond donors (Lipinski definition) is 3. The molecule has 108 valence electrons. The Morgan fingerprint density at radius 3 is 2.86 bits per heavy atom. The summed E-state index contributed by atoms with van der Waals surface area (Å²) < 4.78 is 2.09. The van der Waals surface area contributed by atoms with Gasteiger partial charge in [-0.05, 0) is 26.8 Å². The molecular weight excluding hydrogens is 274 g/mol. The number of rotatable bonds is 3. The fraction of sp³-hybridized carbons (Fsp3) is 0.500. The van der Waals surface area contributed by atoms with Crippen LogP contribution in [0.2, 0.25) is 0 Å². The Bertz CT molecular complexity index is 712. The van der Waals surface area contributed by atoms with Crippen LogP contribution in [-0.4, -0.2) is 57.3 Å². The smallest absolute Gasteiger partial charge is 0.203 e. The molecular formula is C10H13N11. The molecule has 0 spiro atoms. The molecule has 0 saturated carbocycles. The first-order valence-corrected chi connectivity index (χ1v) is 6.60. The number of imidazole rings is 1. The molecule has 3 aromatic rings. The van der Waals surface area contributed by atoms with E-state index >= 15 is 0 Å². The van der Waals surface area contributed by atoms with Gasteiger partial charge in [0.15, 0.2) is 11.6 Å². The monoisotopic (exact) mass is 287 g/mol. The topological polar surface area (TPSA) is 139 Å². The maximum absolute atomic E-state index is 4.52. The van der Waals surface area contributed by atoms with Gasteiger partial charge >= 0.3 is 0 Å². The summed E-state index contributed by atoms with van der Waals surface area (Å²) in [5.41, 5.74) is 0.706. The van der Waals surface area contributed by atoms with Crippen molar-refractivity contribution in [2.24, 2.45) is 5.92 Å². The molecule has 1 aliphatic rings. The van der Waals surface area contributed by atoms with Crippen LogP contribution in [0.5, 0.6) is 0 Å². The van der Waals surface area contributed by atoms with Crippen molar-refractivity contribution in [1.82, 2.24) is 50.8 Å². The molecule has 11 nitrogen and oxygen atoms in total. The van der Waals surface area contributed by atoms with Crippen LogP contribution in [0.1, 0.15) is 18.8 Å². The molecule has 3 aromatic heterocycles. The first kappa shape index (κ1) is 11.9. The van der Waals surface area contributed by atoms with Crippen molar-refractivity contribution in [1.29, 1.82) is 0 Å². The van der Waals surface area contributed by atoms with Crippen LogP contribution in [0.3, 0.4) is 0 Å². The van der Waals surface area contributed by atoms with Crippen molar-refractivity contribution in [3.05, 3.63) is 12.0 Å². The Labute approximate surface area is 118 Å². The zero-order chi connectivity index (χ0) is 14.2. The number of aromatic nitrogens is 10. The summed E-state index contributed by atoms with van der Waals surface area (Å²) in [7, 11) is 0. The van der Waals surface area contributed by atoms with E-state index in [4.69, 9.17) is 0 Å². The zero-order valence-electron chi connectivity index (χ0n) is 11.2. The van der Waals surface area contributed by atoms with Gasteiger partial charge in [0.1, 0.15) is 5.69 Å². The molecule has 0 bridgehead atoms. The van der Waals surface area contributed by atoms with Crippen molar-refractivity contribution in [2.75, 3.05) is 11.9 Å². The summed E-state index contributed by atoms with van der Waals surface area (Å²) >= 11 is 0. The molecule has 0 aliphatic carbocycles. The van der Waals surface area contributed by atoms with Gasteiger partial charge in [0.2, 0.25) is 5.95 Å². The van der Waals surface area contributed by atoms with Crippen molar-refractivity contribution in [3.63, 3.8) is 0 Å². The highest BCUT2D eigenvalue weighted by Crippen LogP contribution is 2.31. The Hall–Kier alpha value is -2.85. The molecule has 21 heavy (non-hydrogen) atoms. The van der Waals surface area contributed by atoms with Gasteiger partial charge in [-0.1, -0.05) is 6.92 Å². The third-order valence-electron chi connectivity index (χ3n) is 3.71. The summed E-state index contributed by atoms with van der Waals surface area (Å²) in [5, 5.41) is 31.1. The standard InChI is InChI=1S/C10H13N11/c1-5-3-11-10-12-6(9-15-19-20-16-9)4-21(10)7(5)2-8-13-17-18-14-8/h4-5,7H,2-3H2,1H3,(H,11,12)(H,13,14,17,18)(H,15,16,19,20). The summed E-state index contributed by atoms with van der Waals surface area (Å²) in [6.07, 6.45) is 2.65. The van der Waals surface area contributed by atoms with E-state index in [0.717, 1.165) is 18.3 Å². The molecule has 0 amide bonds. The van der Waals surface area contributed by atoms with E-state index in [0.29, 0.717) is 23.9 Å². The Balaban J connectivity index is 1.70. The maximum atomic E-state index is 4.52. The number of nitrogens with zero attached hydrogens (tertiary/aromatic N) is 8.